The van der Waals surface area contributed by atoms with Crippen molar-refractivity contribution in [2.75, 3.05) is 50.6 Å². The molecule has 20 heavy (non-hydrogen) atoms. The van der Waals surface area contributed by atoms with E-state index in [-0.39, 0.29) is 11.9 Å². The number of hydrogen-bond acceptors (Lipinski definition) is 7. The fraction of sp³-hybridized carbons (Fsp3) is 0.667. The van der Waals surface area contributed by atoms with Crippen LogP contribution in [0, 0.1) is 0 Å². The smallest absolute Gasteiger partial charge is 0.322 e. The molecule has 1 aliphatic rings. The van der Waals surface area contributed by atoms with Crippen LogP contribution >= 0.6 is 0 Å². The minimum atomic E-state index is 0.107. The Morgan fingerprint density at radius 2 is 2.00 bits per heavy atom. The summed E-state index contributed by atoms with van der Waals surface area (Å²) in [6.07, 6.45) is 0.891. The quantitative estimate of drug-likeness (QED) is 0.833. The molecular formula is C12H20N6O2. The minimum absolute atomic E-state index is 0.107. The highest BCUT2D eigenvalue weighted by molar-refractivity contribution is 5.73. The van der Waals surface area contributed by atoms with Crippen molar-refractivity contribution in [1.29, 1.82) is 0 Å². The Morgan fingerprint density at radius 3 is 2.65 bits per heavy atom. The van der Waals surface area contributed by atoms with E-state index in [2.05, 4.69) is 20.3 Å². The molecule has 0 radical (unpaired) electrons. The Balaban J connectivity index is 2.16. The molecule has 2 heterocycles. The zero-order valence-corrected chi connectivity index (χ0v) is 12.1. The molecule has 0 bridgehead atoms. The number of anilines is 2. The van der Waals surface area contributed by atoms with E-state index in [0.29, 0.717) is 25.0 Å². The van der Waals surface area contributed by atoms with Crippen LogP contribution in [0.25, 0.3) is 0 Å². The zero-order chi connectivity index (χ0) is 14.5. The number of hydrogen-bond donors (Lipinski definition) is 1. The third-order valence-electron chi connectivity index (χ3n) is 3.23. The average molecular weight is 280 g/mol. The third-order valence-corrected chi connectivity index (χ3v) is 3.23. The summed E-state index contributed by atoms with van der Waals surface area (Å²) in [6, 6.07) is 0.284. The summed E-state index contributed by atoms with van der Waals surface area (Å²) in [4.78, 5) is 28.0. The molecule has 0 spiro atoms. The summed E-state index contributed by atoms with van der Waals surface area (Å²) in [5.74, 6) is 1.15. The van der Waals surface area contributed by atoms with Gasteiger partial charge in [-0.25, -0.2) is 0 Å². The molecule has 1 aliphatic heterocycles. The van der Waals surface area contributed by atoms with Crippen LogP contribution in [0.2, 0.25) is 0 Å². The van der Waals surface area contributed by atoms with E-state index in [1.807, 2.05) is 9.80 Å². The SMILES string of the molecule is CNc1nc(OC)nc(N2CCCN(C(C)=O)CC2)n1. The van der Waals surface area contributed by atoms with Crippen molar-refractivity contribution < 1.29 is 9.53 Å². The minimum Gasteiger partial charge on any atom is -0.467 e. The first-order chi connectivity index (χ1) is 9.63. The Labute approximate surface area is 118 Å². The summed E-state index contributed by atoms with van der Waals surface area (Å²) >= 11 is 0. The molecule has 8 heteroatoms. The van der Waals surface area contributed by atoms with Gasteiger partial charge in [0.1, 0.15) is 0 Å². The molecule has 1 fully saturated rings. The number of carbonyl (C=O) groups excluding carboxylic acids is 1. The molecule has 1 aromatic heterocycles. The molecule has 0 aliphatic carbocycles. The Bertz CT molecular complexity index is 459. The molecule has 1 saturated heterocycles. The van der Waals surface area contributed by atoms with Gasteiger partial charge in [-0.15, -0.1) is 0 Å². The van der Waals surface area contributed by atoms with E-state index in [1.165, 1.54) is 7.11 Å². The van der Waals surface area contributed by atoms with Crippen molar-refractivity contribution in [1.82, 2.24) is 19.9 Å². The molecule has 8 nitrogen and oxygen atoms in total. The highest BCUT2D eigenvalue weighted by Gasteiger charge is 2.19. The lowest BCUT2D eigenvalue weighted by Crippen LogP contribution is -2.34. The summed E-state index contributed by atoms with van der Waals surface area (Å²) in [5.41, 5.74) is 0. The van der Waals surface area contributed by atoms with Gasteiger partial charge in [-0.1, -0.05) is 0 Å². The predicted molar refractivity (Wildman–Crippen MR) is 75.0 cm³/mol. The highest BCUT2D eigenvalue weighted by atomic mass is 16.5. The van der Waals surface area contributed by atoms with Crippen LogP contribution in [-0.4, -0.2) is 66.1 Å². The van der Waals surface area contributed by atoms with E-state index in [0.717, 1.165) is 19.5 Å². The lowest BCUT2D eigenvalue weighted by Gasteiger charge is -2.21. The molecule has 110 valence electrons. The van der Waals surface area contributed by atoms with Crippen molar-refractivity contribution in [3.05, 3.63) is 0 Å². The first-order valence-electron chi connectivity index (χ1n) is 6.62. The number of carbonyl (C=O) groups is 1. The fourth-order valence-corrected chi connectivity index (χ4v) is 2.12. The molecule has 1 aromatic rings. The maximum absolute atomic E-state index is 11.4. The van der Waals surface area contributed by atoms with Gasteiger partial charge in [0.2, 0.25) is 17.8 Å². The molecule has 0 atom stereocenters. The fourth-order valence-electron chi connectivity index (χ4n) is 2.12. The molecule has 1 amide bonds. The third kappa shape index (κ3) is 3.25. The molecule has 0 unspecified atom stereocenters. The van der Waals surface area contributed by atoms with Gasteiger partial charge in [0, 0.05) is 40.2 Å². The maximum Gasteiger partial charge on any atom is 0.322 e. The van der Waals surface area contributed by atoms with Gasteiger partial charge in [0.25, 0.3) is 0 Å². The number of aromatic nitrogens is 3. The van der Waals surface area contributed by atoms with Crippen molar-refractivity contribution >= 4 is 17.8 Å². The Hall–Kier alpha value is -2.12. The van der Waals surface area contributed by atoms with Crippen LogP contribution in [-0.2, 0) is 4.79 Å². The van der Waals surface area contributed by atoms with Crippen LogP contribution in [0.4, 0.5) is 11.9 Å². The van der Waals surface area contributed by atoms with Crippen LogP contribution < -0.4 is 15.0 Å². The van der Waals surface area contributed by atoms with Gasteiger partial charge in [-0.2, -0.15) is 15.0 Å². The number of methoxy groups -OCH3 is 1. The van der Waals surface area contributed by atoms with E-state index < -0.39 is 0 Å². The highest BCUT2D eigenvalue weighted by Crippen LogP contribution is 2.16. The second-order valence-electron chi connectivity index (χ2n) is 4.54. The summed E-state index contributed by atoms with van der Waals surface area (Å²) in [7, 11) is 3.27. The summed E-state index contributed by atoms with van der Waals surface area (Å²) in [5, 5.41) is 2.89. The number of rotatable bonds is 3. The van der Waals surface area contributed by atoms with E-state index in [9.17, 15) is 4.79 Å². The summed E-state index contributed by atoms with van der Waals surface area (Å²) < 4.78 is 5.09. The van der Waals surface area contributed by atoms with Gasteiger partial charge >= 0.3 is 6.01 Å². The molecule has 0 aromatic carbocycles. The van der Waals surface area contributed by atoms with Gasteiger partial charge < -0.3 is 19.9 Å². The number of nitrogens with zero attached hydrogens (tertiary/aromatic N) is 5. The zero-order valence-electron chi connectivity index (χ0n) is 12.1. The lowest BCUT2D eigenvalue weighted by atomic mass is 10.4. The largest absolute Gasteiger partial charge is 0.467 e. The normalized spacial score (nSPS) is 15.8. The van der Waals surface area contributed by atoms with Gasteiger partial charge in [-0.3, -0.25) is 4.79 Å². The van der Waals surface area contributed by atoms with Crippen LogP contribution in [0.1, 0.15) is 13.3 Å². The molecule has 0 saturated carbocycles. The van der Waals surface area contributed by atoms with Crippen LogP contribution in [0.15, 0.2) is 0 Å². The second kappa shape index (κ2) is 6.36. The Kier molecular flexibility index (Phi) is 4.54. The maximum atomic E-state index is 11.4. The first kappa shape index (κ1) is 14.3. The monoisotopic (exact) mass is 280 g/mol. The molecule has 1 N–H and O–H groups in total. The number of ether oxygens (including phenoxy) is 1. The van der Waals surface area contributed by atoms with Crippen molar-refractivity contribution in [2.45, 2.75) is 13.3 Å². The van der Waals surface area contributed by atoms with Crippen molar-refractivity contribution in [3.63, 3.8) is 0 Å². The standard InChI is InChI=1S/C12H20N6O2/c1-9(19)17-5-4-6-18(8-7-17)11-14-10(13-2)15-12(16-11)20-3/h4-8H2,1-3H3,(H,13,14,15,16). The van der Waals surface area contributed by atoms with E-state index in [4.69, 9.17) is 4.74 Å². The van der Waals surface area contributed by atoms with Gasteiger partial charge in [0.15, 0.2) is 0 Å². The topological polar surface area (TPSA) is 83.5 Å². The van der Waals surface area contributed by atoms with Gasteiger partial charge in [0.05, 0.1) is 7.11 Å². The molecular weight excluding hydrogens is 260 g/mol. The second-order valence-corrected chi connectivity index (χ2v) is 4.54. The molecule has 2 rings (SSSR count). The van der Waals surface area contributed by atoms with Crippen molar-refractivity contribution in [2.24, 2.45) is 0 Å². The first-order valence-corrected chi connectivity index (χ1v) is 6.62. The average Bonchev–Trinajstić information content (AvgIpc) is 2.72. The summed E-state index contributed by atoms with van der Waals surface area (Å²) in [6.45, 7) is 4.56. The van der Waals surface area contributed by atoms with E-state index in [1.54, 1.807) is 14.0 Å². The predicted octanol–water partition coefficient (Wildman–Crippen LogP) is -0.0195. The van der Waals surface area contributed by atoms with Crippen LogP contribution in [0.5, 0.6) is 6.01 Å². The lowest BCUT2D eigenvalue weighted by molar-refractivity contribution is -0.128. The van der Waals surface area contributed by atoms with E-state index >= 15 is 0 Å². The van der Waals surface area contributed by atoms with Gasteiger partial charge in [-0.05, 0) is 6.42 Å². The number of amides is 1. The van der Waals surface area contributed by atoms with Crippen LogP contribution in [0.3, 0.4) is 0 Å². The Morgan fingerprint density at radius 1 is 1.20 bits per heavy atom. The van der Waals surface area contributed by atoms with Crippen molar-refractivity contribution in [3.8, 4) is 6.01 Å². The number of nitrogens with one attached hydrogen (secondary N) is 1.